The molecule has 3 aromatic rings. The van der Waals surface area contributed by atoms with Crippen LogP contribution in [0.2, 0.25) is 0 Å². The zero-order chi connectivity index (χ0) is 28.2. The smallest absolute Gasteiger partial charge is 0.354 e. The first-order valence-electron chi connectivity index (χ1n) is 14.2. The van der Waals surface area contributed by atoms with Crippen molar-refractivity contribution in [3.05, 3.63) is 83.6 Å². The van der Waals surface area contributed by atoms with Crippen LogP contribution in [0.25, 0.3) is 10.9 Å². The molecule has 4 rings (SSSR count). The van der Waals surface area contributed by atoms with Crippen LogP contribution in [0.4, 0.5) is 5.69 Å². The highest BCUT2D eigenvalue weighted by molar-refractivity contribution is 5.96. The van der Waals surface area contributed by atoms with Crippen molar-refractivity contribution in [3.8, 4) is 5.75 Å². The van der Waals surface area contributed by atoms with Gasteiger partial charge in [-0.25, -0.2) is 4.79 Å². The first-order chi connectivity index (χ1) is 19.6. The minimum absolute atomic E-state index is 0.191. The van der Waals surface area contributed by atoms with Crippen LogP contribution in [0.1, 0.15) is 61.0 Å². The molecule has 0 bridgehead atoms. The van der Waals surface area contributed by atoms with E-state index in [-0.39, 0.29) is 11.9 Å². The van der Waals surface area contributed by atoms with Gasteiger partial charge in [-0.15, -0.1) is 0 Å². The molecular formula is C33H40N2O5. The van der Waals surface area contributed by atoms with E-state index in [4.69, 9.17) is 14.2 Å². The number of carbonyl (C=O) groups is 2. The zero-order valence-electron chi connectivity index (χ0n) is 23.6. The largest absolute Gasteiger partial charge is 0.489 e. The highest BCUT2D eigenvalue weighted by atomic mass is 16.5. The molecule has 0 radical (unpaired) electrons. The number of anilines is 1. The predicted octanol–water partition coefficient (Wildman–Crippen LogP) is 6.86. The average molecular weight is 545 g/mol. The molecule has 7 heteroatoms. The van der Waals surface area contributed by atoms with Gasteiger partial charge in [0.1, 0.15) is 18.1 Å². The molecule has 0 fully saturated rings. The van der Waals surface area contributed by atoms with Gasteiger partial charge in [0, 0.05) is 30.2 Å². The van der Waals surface area contributed by atoms with Crippen LogP contribution in [0.3, 0.4) is 0 Å². The Kier molecular flexibility index (Phi) is 10.8. The van der Waals surface area contributed by atoms with Gasteiger partial charge >= 0.3 is 11.9 Å². The molecule has 0 amide bonds. The van der Waals surface area contributed by atoms with Crippen LogP contribution in [0.15, 0.2) is 72.3 Å². The van der Waals surface area contributed by atoms with Crippen molar-refractivity contribution in [2.75, 3.05) is 32.7 Å². The number of ether oxygens (including phenoxy) is 3. The molecule has 0 unspecified atom stereocenters. The summed E-state index contributed by atoms with van der Waals surface area (Å²) in [5.41, 5.74) is 4.71. The van der Waals surface area contributed by atoms with E-state index < -0.39 is 0 Å². The molecule has 212 valence electrons. The minimum Gasteiger partial charge on any atom is -0.489 e. The number of allylic oxidation sites excluding steroid dienone is 2. The molecule has 1 heterocycles. The molecule has 1 N–H and O–H groups in total. The average Bonchev–Trinajstić information content (AvgIpc) is 3.35. The minimum atomic E-state index is -0.337. The first kappa shape index (κ1) is 29.0. The van der Waals surface area contributed by atoms with E-state index in [9.17, 15) is 9.59 Å². The summed E-state index contributed by atoms with van der Waals surface area (Å²) in [6.45, 7) is 1.71. The molecule has 0 atom stereocenters. The number of aryl methyl sites for hydroxylation is 1. The lowest BCUT2D eigenvalue weighted by molar-refractivity contribution is -0.142. The summed E-state index contributed by atoms with van der Waals surface area (Å²) in [6.07, 6.45) is 13.8. The van der Waals surface area contributed by atoms with Crippen molar-refractivity contribution in [1.82, 2.24) is 4.57 Å². The summed E-state index contributed by atoms with van der Waals surface area (Å²) in [5, 5.41) is 4.03. The molecule has 0 spiro atoms. The number of aromatic nitrogens is 1. The van der Waals surface area contributed by atoms with E-state index in [0.717, 1.165) is 79.4 Å². The van der Waals surface area contributed by atoms with Crippen LogP contribution in [0, 0.1) is 0 Å². The monoisotopic (exact) mass is 544 g/mol. The summed E-state index contributed by atoms with van der Waals surface area (Å²) < 4.78 is 18.5. The Morgan fingerprint density at radius 1 is 0.950 bits per heavy atom. The van der Waals surface area contributed by atoms with Gasteiger partial charge < -0.3 is 24.1 Å². The number of rotatable bonds is 15. The number of methoxy groups -OCH3 is 1. The zero-order valence-corrected chi connectivity index (χ0v) is 23.6. The third-order valence-electron chi connectivity index (χ3n) is 7.12. The molecule has 1 aromatic heterocycles. The van der Waals surface area contributed by atoms with Gasteiger partial charge in [0.2, 0.25) is 0 Å². The van der Waals surface area contributed by atoms with E-state index in [0.29, 0.717) is 25.3 Å². The molecule has 40 heavy (non-hydrogen) atoms. The van der Waals surface area contributed by atoms with Crippen LogP contribution in [-0.2, 0) is 27.2 Å². The van der Waals surface area contributed by atoms with Crippen molar-refractivity contribution in [2.24, 2.45) is 0 Å². The summed E-state index contributed by atoms with van der Waals surface area (Å²) >= 11 is 0. The number of carbonyl (C=O) groups excluding carboxylic acids is 2. The fourth-order valence-electron chi connectivity index (χ4n) is 4.89. The molecule has 0 saturated heterocycles. The van der Waals surface area contributed by atoms with Crippen LogP contribution < -0.4 is 10.1 Å². The highest BCUT2D eigenvalue weighted by Gasteiger charge is 2.16. The van der Waals surface area contributed by atoms with E-state index in [1.165, 1.54) is 12.7 Å². The maximum Gasteiger partial charge on any atom is 0.354 e. The maximum absolute atomic E-state index is 12.5. The van der Waals surface area contributed by atoms with Crippen molar-refractivity contribution in [1.29, 1.82) is 0 Å². The van der Waals surface area contributed by atoms with Gasteiger partial charge in [-0.1, -0.05) is 49.6 Å². The van der Waals surface area contributed by atoms with Crippen LogP contribution in [-0.4, -0.2) is 43.9 Å². The van der Waals surface area contributed by atoms with Crippen LogP contribution >= 0.6 is 0 Å². The predicted molar refractivity (Wildman–Crippen MR) is 159 cm³/mol. The molecule has 0 aliphatic heterocycles. The topological polar surface area (TPSA) is 78.8 Å². The lowest BCUT2D eigenvalue weighted by Gasteiger charge is -2.11. The summed E-state index contributed by atoms with van der Waals surface area (Å²) in [4.78, 5) is 24.6. The normalized spacial score (nSPS) is 12.7. The Labute approximate surface area is 236 Å². The second-order valence-electron chi connectivity index (χ2n) is 10.1. The number of nitrogens with one attached hydrogen (secondary N) is 1. The highest BCUT2D eigenvalue weighted by Crippen LogP contribution is 2.27. The molecule has 0 saturated carbocycles. The molecule has 1 aliphatic rings. The fourth-order valence-corrected chi connectivity index (χ4v) is 4.89. The van der Waals surface area contributed by atoms with E-state index in [2.05, 4.69) is 23.5 Å². The molecule has 7 nitrogen and oxygen atoms in total. The Morgan fingerprint density at radius 3 is 2.50 bits per heavy atom. The van der Waals surface area contributed by atoms with Crippen molar-refractivity contribution in [2.45, 2.75) is 57.9 Å². The summed E-state index contributed by atoms with van der Waals surface area (Å²) in [7, 11) is 3.28. The first-order valence-corrected chi connectivity index (χ1v) is 14.2. The number of esters is 2. The van der Waals surface area contributed by atoms with E-state index in [1.807, 2.05) is 60.1 Å². The van der Waals surface area contributed by atoms with Gasteiger partial charge in [-0.2, -0.15) is 0 Å². The second-order valence-corrected chi connectivity index (χ2v) is 10.1. The summed E-state index contributed by atoms with van der Waals surface area (Å²) in [5.74, 6) is 0.257. The van der Waals surface area contributed by atoms with Gasteiger partial charge in [0.15, 0.2) is 0 Å². The molecular weight excluding hydrogens is 504 g/mol. The van der Waals surface area contributed by atoms with E-state index >= 15 is 0 Å². The van der Waals surface area contributed by atoms with Crippen LogP contribution in [0.5, 0.6) is 5.75 Å². The summed E-state index contributed by atoms with van der Waals surface area (Å²) in [6, 6.07) is 15.6. The number of hydrogen-bond donors (Lipinski definition) is 1. The quantitative estimate of drug-likeness (QED) is 0.166. The van der Waals surface area contributed by atoms with Gasteiger partial charge in [-0.05, 0) is 73.2 Å². The SMILES string of the molecule is CNc1ccc(CC(=O)OCCCCCCCn2c(C(=O)OC)cc3cc(OCC4=CCCC=C4)ccc32)cc1. The number of unbranched alkanes of at least 4 members (excludes halogenated alkanes) is 4. The number of nitrogens with zero attached hydrogens (tertiary/aromatic N) is 1. The second kappa shape index (κ2) is 15.0. The lowest BCUT2D eigenvalue weighted by Crippen LogP contribution is -2.11. The number of benzene rings is 2. The molecule has 1 aliphatic carbocycles. The maximum atomic E-state index is 12.5. The lowest BCUT2D eigenvalue weighted by atomic mass is 10.1. The number of hydrogen-bond acceptors (Lipinski definition) is 6. The van der Waals surface area contributed by atoms with Gasteiger partial charge in [0.25, 0.3) is 0 Å². The Morgan fingerprint density at radius 2 is 1.75 bits per heavy atom. The van der Waals surface area contributed by atoms with Crippen molar-refractivity contribution in [3.63, 3.8) is 0 Å². The fraction of sp³-hybridized carbons (Fsp3) is 0.394. The van der Waals surface area contributed by atoms with Gasteiger partial charge in [0.05, 0.1) is 20.1 Å². The Balaban J connectivity index is 1.20. The standard InChI is InChI=1S/C33H40N2O5/c1-34-28-15-13-25(14-16-28)21-32(36)39-20-10-5-3-4-9-19-35-30-18-17-29(40-24-26-11-7-6-8-12-26)22-27(30)23-31(35)33(37)38-2/h7,11-18,22-23,34H,3-6,8-10,19-21,24H2,1-2H3. The Bertz CT molecular complexity index is 1340. The van der Waals surface area contributed by atoms with E-state index in [1.54, 1.807) is 0 Å². The third kappa shape index (κ3) is 8.25. The Hall–Kier alpha value is -4.00. The number of fused-ring (bicyclic) bond motifs is 1. The third-order valence-corrected chi connectivity index (χ3v) is 7.12. The van der Waals surface area contributed by atoms with Crippen molar-refractivity contribution < 1.29 is 23.8 Å². The molecule has 2 aromatic carbocycles. The van der Waals surface area contributed by atoms with Crippen molar-refractivity contribution >= 4 is 28.5 Å². The van der Waals surface area contributed by atoms with Gasteiger partial charge in [-0.3, -0.25) is 4.79 Å².